The summed E-state index contributed by atoms with van der Waals surface area (Å²) in [5, 5.41) is 12.4. The van der Waals surface area contributed by atoms with E-state index in [2.05, 4.69) is 223 Å². The molecule has 1 aromatic heterocycles. The highest BCUT2D eigenvalue weighted by molar-refractivity contribution is 6.22. The van der Waals surface area contributed by atoms with Crippen molar-refractivity contribution >= 4 is 64.9 Å². The summed E-state index contributed by atoms with van der Waals surface area (Å²) < 4.78 is 2.30. The standard InChI is InChI=1S/C57H36N2/c1-4-14-41-33-45(24-21-37(41)11-1)55-49-17-7-8-18-50(49)56(46-25-22-38-12-2-5-15-42(38)34-46)52-36-44(29-32-51(52)55)40-27-30-48(31-28-40)59-54-20-10-9-19-53(54)58-57(59)47-26-23-39-13-3-6-16-43(39)35-47/h1-36H. The van der Waals surface area contributed by atoms with Crippen LogP contribution in [0.1, 0.15) is 0 Å². The normalized spacial score (nSPS) is 11.7. The molecule has 1 heterocycles. The molecule has 0 aliphatic carbocycles. The van der Waals surface area contributed by atoms with Gasteiger partial charge in [-0.05, 0) is 136 Å². The highest BCUT2D eigenvalue weighted by atomic mass is 15.1. The zero-order chi connectivity index (χ0) is 38.9. The van der Waals surface area contributed by atoms with Crippen LogP contribution in [0.5, 0.6) is 0 Å². The van der Waals surface area contributed by atoms with E-state index in [1.165, 1.54) is 81.7 Å². The number of benzene rings is 11. The second-order valence-electron chi connectivity index (χ2n) is 15.5. The van der Waals surface area contributed by atoms with E-state index in [1.807, 2.05) is 0 Å². The molecule has 0 atom stereocenters. The molecule has 0 saturated heterocycles. The first-order chi connectivity index (χ1) is 29.2. The third kappa shape index (κ3) is 5.53. The largest absolute Gasteiger partial charge is 0.292 e. The van der Waals surface area contributed by atoms with E-state index < -0.39 is 0 Å². The van der Waals surface area contributed by atoms with Crippen molar-refractivity contribution in [3.05, 3.63) is 218 Å². The Bertz CT molecular complexity index is 3610. The molecule has 0 spiro atoms. The molecule has 12 aromatic rings. The van der Waals surface area contributed by atoms with Gasteiger partial charge in [-0.15, -0.1) is 0 Å². The van der Waals surface area contributed by atoms with Gasteiger partial charge in [0.15, 0.2) is 0 Å². The zero-order valence-corrected chi connectivity index (χ0v) is 32.2. The van der Waals surface area contributed by atoms with Gasteiger partial charge < -0.3 is 0 Å². The summed E-state index contributed by atoms with van der Waals surface area (Å²) in [6, 6.07) is 79.7. The average Bonchev–Trinajstić information content (AvgIpc) is 3.70. The maximum absolute atomic E-state index is 5.18. The number of nitrogens with zero attached hydrogens (tertiary/aromatic N) is 2. The predicted octanol–water partition coefficient (Wildman–Crippen LogP) is 15.5. The lowest BCUT2D eigenvalue weighted by Crippen LogP contribution is -1.97. The molecule has 2 nitrogen and oxygen atoms in total. The van der Waals surface area contributed by atoms with Crippen LogP contribution >= 0.6 is 0 Å². The summed E-state index contributed by atoms with van der Waals surface area (Å²) in [5.41, 5.74) is 11.5. The monoisotopic (exact) mass is 748 g/mol. The lowest BCUT2D eigenvalue weighted by atomic mass is 9.84. The minimum absolute atomic E-state index is 0.934. The van der Waals surface area contributed by atoms with Crippen LogP contribution in [0.15, 0.2) is 218 Å². The van der Waals surface area contributed by atoms with Gasteiger partial charge in [-0.25, -0.2) is 4.98 Å². The number of hydrogen-bond acceptors (Lipinski definition) is 1. The smallest absolute Gasteiger partial charge is 0.145 e. The zero-order valence-electron chi connectivity index (χ0n) is 32.2. The van der Waals surface area contributed by atoms with E-state index in [0.29, 0.717) is 0 Å². The third-order valence-electron chi connectivity index (χ3n) is 12.1. The molecule has 0 unspecified atom stereocenters. The molecule has 0 fully saturated rings. The number of fused-ring (bicyclic) bond motifs is 6. The minimum Gasteiger partial charge on any atom is -0.292 e. The second-order valence-corrected chi connectivity index (χ2v) is 15.5. The fraction of sp³-hybridized carbons (Fsp3) is 0. The maximum Gasteiger partial charge on any atom is 0.145 e. The SMILES string of the molecule is c1ccc2cc(-c3c4ccccc4c(-c4ccc5ccccc5c4)c4cc(-c5ccc(-n6c(-c7ccc8ccccc8c7)nc7ccccc76)cc5)ccc34)ccc2c1. The van der Waals surface area contributed by atoms with E-state index >= 15 is 0 Å². The average molecular weight is 749 g/mol. The van der Waals surface area contributed by atoms with E-state index in [4.69, 9.17) is 4.98 Å². The lowest BCUT2D eigenvalue weighted by molar-refractivity contribution is 1.10. The first-order valence-corrected chi connectivity index (χ1v) is 20.3. The summed E-state index contributed by atoms with van der Waals surface area (Å²) in [4.78, 5) is 5.18. The fourth-order valence-corrected chi connectivity index (χ4v) is 9.28. The summed E-state index contributed by atoms with van der Waals surface area (Å²) in [6.45, 7) is 0. The molecule has 0 aliphatic heterocycles. The van der Waals surface area contributed by atoms with Crippen molar-refractivity contribution in [3.63, 3.8) is 0 Å². The van der Waals surface area contributed by atoms with Gasteiger partial charge in [0.05, 0.1) is 11.0 Å². The summed E-state index contributed by atoms with van der Waals surface area (Å²) in [7, 11) is 0. The Morgan fingerprint density at radius 2 is 0.729 bits per heavy atom. The van der Waals surface area contributed by atoms with Crippen LogP contribution in [0.3, 0.4) is 0 Å². The van der Waals surface area contributed by atoms with E-state index in [0.717, 1.165) is 33.7 Å². The van der Waals surface area contributed by atoms with Gasteiger partial charge in [0, 0.05) is 11.3 Å². The quantitative estimate of drug-likeness (QED) is 0.160. The number of aromatic nitrogens is 2. The fourth-order valence-electron chi connectivity index (χ4n) is 9.28. The molecule has 12 rings (SSSR count). The Morgan fingerprint density at radius 1 is 0.288 bits per heavy atom. The van der Waals surface area contributed by atoms with Crippen molar-refractivity contribution in [1.82, 2.24) is 9.55 Å². The topological polar surface area (TPSA) is 17.8 Å². The van der Waals surface area contributed by atoms with Crippen LogP contribution in [-0.4, -0.2) is 9.55 Å². The Labute approximate surface area is 341 Å². The number of para-hydroxylation sites is 2. The van der Waals surface area contributed by atoms with Crippen molar-refractivity contribution in [2.75, 3.05) is 0 Å². The third-order valence-corrected chi connectivity index (χ3v) is 12.1. The van der Waals surface area contributed by atoms with Gasteiger partial charge in [-0.1, -0.05) is 170 Å². The van der Waals surface area contributed by atoms with Gasteiger partial charge in [-0.2, -0.15) is 0 Å². The molecule has 0 amide bonds. The Hall–Kier alpha value is -7.81. The van der Waals surface area contributed by atoms with Crippen LogP contribution < -0.4 is 0 Å². The molecular weight excluding hydrogens is 713 g/mol. The van der Waals surface area contributed by atoms with E-state index in [-0.39, 0.29) is 0 Å². The minimum atomic E-state index is 0.934. The number of imidazole rings is 1. The first kappa shape index (κ1) is 33.3. The molecule has 2 heteroatoms. The molecule has 0 bridgehead atoms. The molecular formula is C57H36N2. The van der Waals surface area contributed by atoms with Crippen LogP contribution in [-0.2, 0) is 0 Å². The lowest BCUT2D eigenvalue weighted by Gasteiger charge is -2.19. The van der Waals surface area contributed by atoms with Crippen molar-refractivity contribution in [2.24, 2.45) is 0 Å². The Morgan fingerprint density at radius 3 is 1.34 bits per heavy atom. The van der Waals surface area contributed by atoms with Crippen molar-refractivity contribution in [1.29, 1.82) is 0 Å². The molecule has 11 aromatic carbocycles. The van der Waals surface area contributed by atoms with Gasteiger partial charge >= 0.3 is 0 Å². The van der Waals surface area contributed by atoms with Crippen molar-refractivity contribution in [3.8, 4) is 50.5 Å². The van der Waals surface area contributed by atoms with Crippen LogP contribution in [0.25, 0.3) is 115 Å². The highest BCUT2D eigenvalue weighted by Crippen LogP contribution is 2.46. The van der Waals surface area contributed by atoms with E-state index in [9.17, 15) is 0 Å². The van der Waals surface area contributed by atoms with Gasteiger partial charge in [0.2, 0.25) is 0 Å². The second kappa shape index (κ2) is 13.4. The number of hydrogen-bond donors (Lipinski definition) is 0. The maximum atomic E-state index is 5.18. The predicted molar refractivity (Wildman–Crippen MR) is 250 cm³/mol. The van der Waals surface area contributed by atoms with Crippen molar-refractivity contribution < 1.29 is 0 Å². The Balaban J connectivity index is 1.05. The molecule has 0 radical (unpaired) electrons. The molecule has 0 aliphatic rings. The molecule has 0 N–H and O–H groups in total. The van der Waals surface area contributed by atoms with Gasteiger partial charge in [0.25, 0.3) is 0 Å². The van der Waals surface area contributed by atoms with Crippen LogP contribution in [0.2, 0.25) is 0 Å². The summed E-state index contributed by atoms with van der Waals surface area (Å²) in [5.74, 6) is 0.934. The van der Waals surface area contributed by atoms with Gasteiger partial charge in [0.1, 0.15) is 5.82 Å². The molecule has 274 valence electrons. The first-order valence-electron chi connectivity index (χ1n) is 20.3. The molecule has 0 saturated carbocycles. The van der Waals surface area contributed by atoms with Crippen LogP contribution in [0.4, 0.5) is 0 Å². The van der Waals surface area contributed by atoms with Crippen molar-refractivity contribution in [2.45, 2.75) is 0 Å². The highest BCUT2D eigenvalue weighted by Gasteiger charge is 2.19. The van der Waals surface area contributed by atoms with E-state index in [1.54, 1.807) is 0 Å². The van der Waals surface area contributed by atoms with Crippen LogP contribution in [0, 0.1) is 0 Å². The Kier molecular flexibility index (Phi) is 7.57. The summed E-state index contributed by atoms with van der Waals surface area (Å²) in [6.07, 6.45) is 0. The van der Waals surface area contributed by atoms with Gasteiger partial charge in [-0.3, -0.25) is 4.57 Å². The molecule has 59 heavy (non-hydrogen) atoms. The summed E-state index contributed by atoms with van der Waals surface area (Å²) >= 11 is 0. The number of rotatable bonds is 5.